The van der Waals surface area contributed by atoms with Crippen LogP contribution in [0.1, 0.15) is 12.5 Å². The first-order valence-corrected chi connectivity index (χ1v) is 6.58. The van der Waals surface area contributed by atoms with Crippen molar-refractivity contribution in [2.24, 2.45) is 10.9 Å². The molecule has 0 aliphatic heterocycles. The fourth-order valence-corrected chi connectivity index (χ4v) is 2.21. The van der Waals surface area contributed by atoms with Crippen molar-refractivity contribution in [1.29, 1.82) is 0 Å². The summed E-state index contributed by atoms with van der Waals surface area (Å²) in [5.74, 6) is -0.146. The van der Waals surface area contributed by atoms with Gasteiger partial charge in [0.2, 0.25) is 10.0 Å². The molecule has 7 heteroatoms. The summed E-state index contributed by atoms with van der Waals surface area (Å²) in [7, 11) is -1.94. The minimum atomic E-state index is -3.37. The molecule has 0 aromatic heterocycles. The molecule has 94 valence electrons. The Kier molecular flexibility index (Phi) is 3.95. The third-order valence-corrected chi connectivity index (χ3v) is 4.17. The monoisotopic (exact) mass is 257 g/mol. The van der Waals surface area contributed by atoms with Crippen LogP contribution in [-0.4, -0.2) is 32.3 Å². The summed E-state index contributed by atoms with van der Waals surface area (Å²) in [5, 5.41) is 11.5. The van der Waals surface area contributed by atoms with Crippen molar-refractivity contribution in [3.63, 3.8) is 0 Å². The largest absolute Gasteiger partial charge is 0.409 e. The first-order valence-electron chi connectivity index (χ1n) is 4.97. The molecule has 6 nitrogen and oxygen atoms in total. The Bertz CT molecular complexity index is 525. The average molecular weight is 257 g/mol. The third kappa shape index (κ3) is 2.68. The van der Waals surface area contributed by atoms with Gasteiger partial charge in [0.1, 0.15) is 0 Å². The fraction of sp³-hybridized carbons (Fsp3) is 0.300. The summed E-state index contributed by atoms with van der Waals surface area (Å²) in [6, 6.07) is 6.56. The van der Waals surface area contributed by atoms with E-state index >= 15 is 0 Å². The van der Waals surface area contributed by atoms with Crippen LogP contribution in [0, 0.1) is 0 Å². The van der Waals surface area contributed by atoms with E-state index in [0.717, 1.165) is 4.31 Å². The Labute approximate surface area is 100 Å². The predicted molar refractivity (Wildman–Crippen MR) is 66.8 cm³/mol. The number of nitrogens with zero attached hydrogens (tertiary/aromatic N) is 2. The molecular formula is C10H15N3O3S. The van der Waals surface area contributed by atoms with E-state index in [4.69, 9.17) is 10.9 Å². The van der Waals surface area contributed by atoms with Crippen LogP contribution in [0.15, 0.2) is 29.4 Å². The summed E-state index contributed by atoms with van der Waals surface area (Å²) in [6.45, 7) is 1.55. The Morgan fingerprint density at radius 1 is 1.47 bits per heavy atom. The van der Waals surface area contributed by atoms with Gasteiger partial charge in [-0.1, -0.05) is 17.3 Å². The average Bonchev–Trinajstić information content (AvgIpc) is 2.36. The summed E-state index contributed by atoms with van der Waals surface area (Å²) in [5.41, 5.74) is 6.25. The molecule has 0 amide bonds. The Hall–Kier alpha value is -1.76. The summed E-state index contributed by atoms with van der Waals surface area (Å²) < 4.78 is 24.6. The fourth-order valence-electron chi connectivity index (χ4n) is 1.36. The molecule has 0 radical (unpaired) electrons. The Morgan fingerprint density at radius 2 is 2.06 bits per heavy atom. The second-order valence-electron chi connectivity index (χ2n) is 3.37. The van der Waals surface area contributed by atoms with E-state index in [1.165, 1.54) is 7.05 Å². The lowest BCUT2D eigenvalue weighted by Crippen LogP contribution is -2.30. The van der Waals surface area contributed by atoms with E-state index in [2.05, 4.69) is 5.16 Å². The van der Waals surface area contributed by atoms with Gasteiger partial charge in [-0.05, 0) is 19.1 Å². The second-order valence-corrected chi connectivity index (χ2v) is 5.66. The van der Waals surface area contributed by atoms with Gasteiger partial charge in [-0.25, -0.2) is 8.42 Å². The lowest BCUT2D eigenvalue weighted by molar-refractivity contribution is 0.318. The maximum absolute atomic E-state index is 11.7. The highest BCUT2D eigenvalue weighted by atomic mass is 32.2. The number of hydrogen-bond donors (Lipinski definition) is 2. The van der Waals surface area contributed by atoms with Gasteiger partial charge in [0.05, 0.1) is 11.4 Å². The lowest BCUT2D eigenvalue weighted by Gasteiger charge is -2.20. The van der Waals surface area contributed by atoms with Crippen LogP contribution >= 0.6 is 0 Å². The number of anilines is 1. The van der Waals surface area contributed by atoms with Crippen molar-refractivity contribution in [3.05, 3.63) is 29.8 Å². The first kappa shape index (κ1) is 13.3. The number of amidine groups is 1. The highest BCUT2D eigenvalue weighted by molar-refractivity contribution is 7.92. The number of hydrogen-bond acceptors (Lipinski definition) is 4. The summed E-state index contributed by atoms with van der Waals surface area (Å²) in [4.78, 5) is 0. The van der Waals surface area contributed by atoms with Crippen LogP contribution in [0.2, 0.25) is 0 Å². The number of benzene rings is 1. The zero-order valence-corrected chi connectivity index (χ0v) is 10.5. The van der Waals surface area contributed by atoms with Crippen molar-refractivity contribution in [2.75, 3.05) is 17.1 Å². The Morgan fingerprint density at radius 3 is 2.59 bits per heavy atom. The number of rotatable bonds is 4. The van der Waals surface area contributed by atoms with Gasteiger partial charge in [-0.3, -0.25) is 4.31 Å². The molecule has 0 aliphatic carbocycles. The zero-order chi connectivity index (χ0) is 13.1. The lowest BCUT2D eigenvalue weighted by atomic mass is 10.1. The van der Waals surface area contributed by atoms with Crippen LogP contribution in [0.5, 0.6) is 0 Å². The van der Waals surface area contributed by atoms with Gasteiger partial charge in [0.25, 0.3) is 0 Å². The molecule has 0 unspecified atom stereocenters. The normalized spacial score (nSPS) is 12.5. The van der Waals surface area contributed by atoms with Gasteiger partial charge in [-0.15, -0.1) is 0 Å². The molecule has 1 rings (SSSR count). The highest BCUT2D eigenvalue weighted by Crippen LogP contribution is 2.21. The smallest absolute Gasteiger partial charge is 0.234 e. The Balaban J connectivity index is 3.33. The van der Waals surface area contributed by atoms with Crippen LogP contribution in [0.4, 0.5) is 5.69 Å². The number of sulfonamides is 1. The molecule has 1 aromatic carbocycles. The SMILES string of the molecule is CCS(=O)(=O)N(C)c1ccccc1C(N)=NO. The molecule has 0 atom stereocenters. The van der Waals surface area contributed by atoms with E-state index in [1.807, 2.05) is 0 Å². The second kappa shape index (κ2) is 5.05. The molecule has 0 saturated carbocycles. The van der Waals surface area contributed by atoms with E-state index in [9.17, 15) is 8.42 Å². The quantitative estimate of drug-likeness (QED) is 0.356. The molecule has 0 bridgehead atoms. The minimum Gasteiger partial charge on any atom is -0.409 e. The van der Waals surface area contributed by atoms with E-state index in [1.54, 1.807) is 31.2 Å². The van der Waals surface area contributed by atoms with Crippen molar-refractivity contribution in [3.8, 4) is 0 Å². The molecule has 0 fully saturated rings. The molecule has 0 aliphatic rings. The molecule has 1 aromatic rings. The molecule has 17 heavy (non-hydrogen) atoms. The van der Waals surface area contributed by atoms with Gasteiger partial charge in [0, 0.05) is 12.6 Å². The van der Waals surface area contributed by atoms with Crippen LogP contribution in [0.3, 0.4) is 0 Å². The number of oxime groups is 1. The maximum atomic E-state index is 11.7. The van der Waals surface area contributed by atoms with Gasteiger partial charge < -0.3 is 10.9 Å². The third-order valence-electron chi connectivity index (χ3n) is 2.41. The van der Waals surface area contributed by atoms with E-state index in [-0.39, 0.29) is 11.6 Å². The van der Waals surface area contributed by atoms with Crippen molar-refractivity contribution >= 4 is 21.5 Å². The molecule has 0 heterocycles. The highest BCUT2D eigenvalue weighted by Gasteiger charge is 2.19. The van der Waals surface area contributed by atoms with Gasteiger partial charge >= 0.3 is 0 Å². The zero-order valence-electron chi connectivity index (χ0n) is 9.66. The first-order chi connectivity index (χ1) is 7.94. The van der Waals surface area contributed by atoms with Crippen molar-refractivity contribution in [2.45, 2.75) is 6.92 Å². The molecule has 0 spiro atoms. The van der Waals surface area contributed by atoms with Crippen LogP contribution < -0.4 is 10.0 Å². The summed E-state index contributed by atoms with van der Waals surface area (Å²) in [6.07, 6.45) is 0. The maximum Gasteiger partial charge on any atom is 0.234 e. The molecule has 0 saturated heterocycles. The minimum absolute atomic E-state index is 0.0198. The van der Waals surface area contributed by atoms with Crippen LogP contribution in [-0.2, 0) is 10.0 Å². The van der Waals surface area contributed by atoms with E-state index in [0.29, 0.717) is 11.3 Å². The molecule has 3 N–H and O–H groups in total. The number of nitrogens with two attached hydrogens (primary N) is 1. The van der Waals surface area contributed by atoms with Crippen LogP contribution in [0.25, 0.3) is 0 Å². The summed E-state index contributed by atoms with van der Waals surface area (Å²) >= 11 is 0. The van der Waals surface area contributed by atoms with Crippen molar-refractivity contribution in [1.82, 2.24) is 0 Å². The molecular weight excluding hydrogens is 242 g/mol. The van der Waals surface area contributed by atoms with Crippen molar-refractivity contribution < 1.29 is 13.6 Å². The standard InChI is InChI=1S/C10H15N3O3S/c1-3-17(15,16)13(2)9-7-5-4-6-8(9)10(11)12-14/h4-7,14H,3H2,1-2H3,(H2,11,12). The topological polar surface area (TPSA) is 96.0 Å². The van der Waals surface area contributed by atoms with E-state index < -0.39 is 10.0 Å². The number of para-hydroxylation sites is 1. The van der Waals surface area contributed by atoms with Gasteiger partial charge in [0.15, 0.2) is 5.84 Å². The predicted octanol–water partition coefficient (Wildman–Crippen LogP) is 0.567. The van der Waals surface area contributed by atoms with Gasteiger partial charge in [-0.2, -0.15) is 0 Å².